The first kappa shape index (κ1) is 28.2. The van der Waals surface area contributed by atoms with E-state index in [1.165, 1.54) is 36.2 Å². The van der Waals surface area contributed by atoms with Crippen molar-refractivity contribution in [1.82, 2.24) is 10.2 Å². The van der Waals surface area contributed by atoms with E-state index in [1.54, 1.807) is 18.2 Å². The molecule has 0 fully saturated rings. The zero-order chi connectivity index (χ0) is 27.2. The molecule has 0 saturated carbocycles. The van der Waals surface area contributed by atoms with Gasteiger partial charge in [-0.15, -0.1) is 0 Å². The topological polar surface area (TPSA) is 86.8 Å². The van der Waals surface area contributed by atoms with Gasteiger partial charge in [-0.3, -0.25) is 13.9 Å². The van der Waals surface area contributed by atoms with Crippen LogP contribution in [0.2, 0.25) is 5.02 Å². The van der Waals surface area contributed by atoms with Crippen molar-refractivity contribution < 1.29 is 18.0 Å². The Bertz CT molecular complexity index is 1340. The van der Waals surface area contributed by atoms with Gasteiger partial charge in [-0.1, -0.05) is 60.5 Å². The van der Waals surface area contributed by atoms with Crippen LogP contribution in [0.1, 0.15) is 30.0 Å². The monoisotopic (exact) mass is 541 g/mol. The number of sulfonamides is 1. The smallest absolute Gasteiger partial charge is 0.264 e. The molecule has 0 bridgehead atoms. The second-order valence-electron chi connectivity index (χ2n) is 8.85. The van der Waals surface area contributed by atoms with Gasteiger partial charge in [0.2, 0.25) is 11.8 Å². The molecule has 3 aromatic rings. The van der Waals surface area contributed by atoms with Crippen molar-refractivity contribution in [1.29, 1.82) is 0 Å². The lowest BCUT2D eigenvalue weighted by atomic mass is 10.1. The van der Waals surface area contributed by atoms with Crippen LogP contribution < -0.4 is 9.62 Å². The van der Waals surface area contributed by atoms with Crippen LogP contribution in [0.15, 0.2) is 77.7 Å². The zero-order valence-corrected chi connectivity index (χ0v) is 23.0. The van der Waals surface area contributed by atoms with Gasteiger partial charge in [0.1, 0.15) is 12.6 Å². The molecule has 0 heterocycles. The van der Waals surface area contributed by atoms with Gasteiger partial charge in [0.05, 0.1) is 10.6 Å². The molecule has 1 atom stereocenters. The van der Waals surface area contributed by atoms with Crippen LogP contribution in [-0.2, 0) is 26.2 Å². The van der Waals surface area contributed by atoms with Crippen molar-refractivity contribution >= 4 is 39.1 Å². The molecule has 196 valence electrons. The lowest BCUT2D eigenvalue weighted by molar-refractivity contribution is -0.140. The highest BCUT2D eigenvalue weighted by Crippen LogP contribution is 2.26. The number of nitrogens with one attached hydrogen (secondary N) is 1. The number of hydrogen-bond donors (Lipinski definition) is 1. The van der Waals surface area contributed by atoms with E-state index in [0.29, 0.717) is 17.1 Å². The summed E-state index contributed by atoms with van der Waals surface area (Å²) in [7, 11) is -2.61. The fraction of sp³-hybridized carbons (Fsp3) is 0.286. The Morgan fingerprint density at radius 2 is 1.59 bits per heavy atom. The SMILES string of the molecule is CC[C@H](C(=O)NC)N(Cc1ccc(C)cc1)C(=O)CN(c1cccc(C)c1)S(=O)(=O)c1ccc(Cl)cc1. The maximum Gasteiger partial charge on any atom is 0.264 e. The van der Waals surface area contributed by atoms with Gasteiger partial charge >= 0.3 is 0 Å². The minimum absolute atomic E-state index is 0.00892. The molecule has 7 nitrogen and oxygen atoms in total. The van der Waals surface area contributed by atoms with E-state index in [0.717, 1.165) is 21.0 Å². The summed E-state index contributed by atoms with van der Waals surface area (Å²) in [6.07, 6.45) is 0.367. The summed E-state index contributed by atoms with van der Waals surface area (Å²) in [5.74, 6) is -0.805. The summed E-state index contributed by atoms with van der Waals surface area (Å²) >= 11 is 5.98. The molecule has 0 unspecified atom stereocenters. The van der Waals surface area contributed by atoms with Gasteiger partial charge in [-0.25, -0.2) is 8.42 Å². The second kappa shape index (κ2) is 12.3. The Balaban J connectivity index is 2.05. The lowest BCUT2D eigenvalue weighted by Gasteiger charge is -2.33. The van der Waals surface area contributed by atoms with E-state index in [4.69, 9.17) is 11.6 Å². The van der Waals surface area contributed by atoms with Crippen LogP contribution in [0.5, 0.6) is 0 Å². The van der Waals surface area contributed by atoms with Gasteiger partial charge in [-0.05, 0) is 67.8 Å². The van der Waals surface area contributed by atoms with Crippen LogP contribution in [0, 0.1) is 13.8 Å². The third kappa shape index (κ3) is 6.90. The van der Waals surface area contributed by atoms with Crippen LogP contribution in [0.3, 0.4) is 0 Å². The first-order chi connectivity index (χ1) is 17.6. The molecule has 0 spiro atoms. The number of likely N-dealkylation sites (N-methyl/N-ethyl adjacent to an activating group) is 1. The second-order valence-corrected chi connectivity index (χ2v) is 11.1. The molecule has 0 aliphatic heterocycles. The highest BCUT2D eigenvalue weighted by molar-refractivity contribution is 7.92. The molecular formula is C28H32ClN3O4S. The van der Waals surface area contributed by atoms with E-state index in [-0.39, 0.29) is 17.3 Å². The average Bonchev–Trinajstić information content (AvgIpc) is 2.88. The first-order valence-electron chi connectivity index (χ1n) is 12.0. The number of nitrogens with zero attached hydrogens (tertiary/aromatic N) is 2. The maximum atomic E-state index is 13.9. The van der Waals surface area contributed by atoms with E-state index < -0.39 is 28.5 Å². The molecule has 2 amide bonds. The number of rotatable bonds is 10. The normalized spacial score (nSPS) is 12.0. The number of benzene rings is 3. The van der Waals surface area contributed by atoms with Gasteiger partial charge in [-0.2, -0.15) is 0 Å². The molecular weight excluding hydrogens is 510 g/mol. The minimum atomic E-state index is -4.13. The van der Waals surface area contributed by atoms with Gasteiger partial charge < -0.3 is 10.2 Å². The number of hydrogen-bond acceptors (Lipinski definition) is 4. The predicted molar refractivity (Wildman–Crippen MR) is 147 cm³/mol. The summed E-state index contributed by atoms with van der Waals surface area (Å²) in [5.41, 5.74) is 3.10. The predicted octanol–water partition coefficient (Wildman–Crippen LogP) is 4.71. The number of halogens is 1. The number of aryl methyl sites for hydroxylation is 2. The van der Waals surface area contributed by atoms with E-state index in [2.05, 4.69) is 5.32 Å². The lowest BCUT2D eigenvalue weighted by Crippen LogP contribution is -2.51. The summed E-state index contributed by atoms with van der Waals surface area (Å²) in [5, 5.41) is 3.02. The highest BCUT2D eigenvalue weighted by atomic mass is 35.5. The quantitative estimate of drug-likeness (QED) is 0.403. The summed E-state index contributed by atoms with van der Waals surface area (Å²) in [6, 6.07) is 19.6. The van der Waals surface area contributed by atoms with Crippen LogP contribution in [0.25, 0.3) is 0 Å². The molecule has 3 rings (SSSR count). The standard InChI is InChI=1S/C28H32ClN3O4S/c1-5-26(28(34)30-4)31(18-22-11-9-20(2)10-12-22)27(33)19-32(24-8-6-7-21(3)17-24)37(35,36)25-15-13-23(29)14-16-25/h6-17,26H,5,18-19H2,1-4H3,(H,30,34)/t26-/m1/s1. The van der Waals surface area contributed by atoms with Crippen molar-refractivity contribution in [2.24, 2.45) is 0 Å². The number of amides is 2. The van der Waals surface area contributed by atoms with Crippen molar-refractivity contribution in [3.05, 3.63) is 94.5 Å². The van der Waals surface area contributed by atoms with Crippen molar-refractivity contribution in [2.45, 2.75) is 44.7 Å². The van der Waals surface area contributed by atoms with E-state index in [1.807, 2.05) is 51.1 Å². The van der Waals surface area contributed by atoms with Gasteiger partial charge in [0, 0.05) is 18.6 Å². The van der Waals surface area contributed by atoms with E-state index in [9.17, 15) is 18.0 Å². The Morgan fingerprint density at radius 1 is 0.946 bits per heavy atom. The summed E-state index contributed by atoms with van der Waals surface area (Å²) in [4.78, 5) is 28.0. The van der Waals surface area contributed by atoms with Crippen LogP contribution in [0.4, 0.5) is 5.69 Å². The average molecular weight is 542 g/mol. The number of carbonyl (C=O) groups excluding carboxylic acids is 2. The largest absolute Gasteiger partial charge is 0.357 e. The summed E-state index contributed by atoms with van der Waals surface area (Å²) < 4.78 is 28.6. The number of carbonyl (C=O) groups is 2. The molecule has 0 aromatic heterocycles. The van der Waals surface area contributed by atoms with Crippen molar-refractivity contribution in [3.63, 3.8) is 0 Å². The Morgan fingerprint density at radius 3 is 2.16 bits per heavy atom. The number of anilines is 1. The fourth-order valence-corrected chi connectivity index (χ4v) is 5.55. The Hall–Kier alpha value is -3.36. The molecule has 1 N–H and O–H groups in total. The molecule has 37 heavy (non-hydrogen) atoms. The van der Waals surface area contributed by atoms with Crippen molar-refractivity contribution in [3.8, 4) is 0 Å². The minimum Gasteiger partial charge on any atom is -0.357 e. The Kier molecular flexibility index (Phi) is 9.34. The fourth-order valence-electron chi connectivity index (χ4n) is 4.02. The van der Waals surface area contributed by atoms with Gasteiger partial charge in [0.15, 0.2) is 0 Å². The molecule has 0 radical (unpaired) electrons. The third-order valence-electron chi connectivity index (χ3n) is 6.08. The maximum absolute atomic E-state index is 13.9. The highest BCUT2D eigenvalue weighted by Gasteiger charge is 2.33. The van der Waals surface area contributed by atoms with Crippen LogP contribution in [-0.4, -0.2) is 44.8 Å². The van der Waals surface area contributed by atoms with E-state index >= 15 is 0 Å². The summed E-state index contributed by atoms with van der Waals surface area (Å²) in [6.45, 7) is 5.31. The molecule has 0 aliphatic rings. The molecule has 9 heteroatoms. The van der Waals surface area contributed by atoms with Gasteiger partial charge in [0.25, 0.3) is 10.0 Å². The zero-order valence-electron chi connectivity index (χ0n) is 21.4. The van der Waals surface area contributed by atoms with Crippen LogP contribution >= 0.6 is 11.6 Å². The Labute approximate surface area is 224 Å². The molecule has 0 aliphatic carbocycles. The first-order valence-corrected chi connectivity index (χ1v) is 13.8. The molecule has 0 saturated heterocycles. The molecule has 3 aromatic carbocycles. The third-order valence-corrected chi connectivity index (χ3v) is 8.12. The van der Waals surface area contributed by atoms with Crippen molar-refractivity contribution in [2.75, 3.05) is 17.9 Å².